The first-order chi connectivity index (χ1) is 47.2. The number of rotatable bonds is 69. The fourth-order valence-electron chi connectivity index (χ4n) is 9.44. The molecule has 0 spiro atoms. The molecule has 4 N–H and O–H groups in total. The van der Waals surface area contributed by atoms with Crippen LogP contribution in [0.5, 0.6) is 0 Å². The number of allylic oxidation sites excluding steroid dienone is 24. The standard InChI is InChI=1S/C79H132O16P2/c1-4-7-10-13-16-19-22-25-27-29-31-32-33-34-35-36-37-38-39-40-42-44-45-48-50-53-56-59-62-65-77(82)89-68-74(80)69-91-96(85,86)92-70-75(81)71-93-97(87,88)94-73-76(95-79(84)67-64-61-58-55-52-47-24-21-18-15-12-9-6-3)72-90-78(83)66-63-60-57-54-51-49-46-43-41-30-28-26-23-20-17-14-11-8-5-2/h7-8,10-11,16-17,19-21,24-28,31-32,34-35,41,43,49,51,57,60,74-76,80-81H,4-6,9,12-15,18,22-23,29-30,33,36-40,42,44-48,50,52-56,58-59,61-73H2,1-3H3,(H,85,86)(H,87,88)/b10-7-,11-8-,19-16-,20-17-,24-21-,27-25-,28-26-,32-31-,35-34-,43-41-,51-49-,60-57-. The number of esters is 3. The number of hydrogen-bond donors (Lipinski definition) is 4. The summed E-state index contributed by atoms with van der Waals surface area (Å²) in [6, 6.07) is 0. The average molecular weight is 1400 g/mol. The van der Waals surface area contributed by atoms with E-state index in [-0.39, 0.29) is 19.3 Å². The van der Waals surface area contributed by atoms with E-state index in [2.05, 4.69) is 148 Å². The molecule has 0 aromatic heterocycles. The Balaban J connectivity index is 4.54. The fraction of sp³-hybridized carbons (Fsp3) is 0.658. The zero-order valence-electron chi connectivity index (χ0n) is 60.2. The van der Waals surface area contributed by atoms with Crippen molar-refractivity contribution in [2.24, 2.45) is 0 Å². The van der Waals surface area contributed by atoms with Crippen molar-refractivity contribution >= 4 is 33.6 Å². The van der Waals surface area contributed by atoms with Crippen molar-refractivity contribution in [2.75, 3.05) is 39.6 Å². The van der Waals surface area contributed by atoms with Crippen LogP contribution in [-0.2, 0) is 55.8 Å². The largest absolute Gasteiger partial charge is 0.472 e. The number of ether oxygens (including phenoxy) is 3. The van der Waals surface area contributed by atoms with Crippen LogP contribution in [0.25, 0.3) is 0 Å². The Morgan fingerprint density at radius 3 is 0.938 bits per heavy atom. The smallest absolute Gasteiger partial charge is 0.463 e. The normalized spacial score (nSPS) is 14.9. The van der Waals surface area contributed by atoms with Crippen LogP contribution in [0.15, 0.2) is 146 Å². The average Bonchev–Trinajstić information content (AvgIpc) is 2.57. The Bertz CT molecular complexity index is 2350. The molecule has 0 radical (unpaired) electrons. The van der Waals surface area contributed by atoms with Crippen molar-refractivity contribution in [2.45, 2.75) is 296 Å². The lowest BCUT2D eigenvalue weighted by molar-refractivity contribution is -0.161. The number of carbonyl (C=O) groups excluding carboxylic acids is 3. The second-order valence-electron chi connectivity index (χ2n) is 24.3. The number of unbranched alkanes of at least 4 members (excludes halogenated alkanes) is 22. The summed E-state index contributed by atoms with van der Waals surface area (Å²) in [5.41, 5.74) is 0. The van der Waals surface area contributed by atoms with Gasteiger partial charge in [-0.1, -0.05) is 276 Å². The molecule has 0 aliphatic carbocycles. The van der Waals surface area contributed by atoms with Gasteiger partial charge in [-0.25, -0.2) is 9.13 Å². The summed E-state index contributed by atoms with van der Waals surface area (Å²) in [6.45, 7) is 2.32. The molecule has 5 unspecified atom stereocenters. The van der Waals surface area contributed by atoms with E-state index < -0.39 is 91.5 Å². The molecule has 0 heterocycles. The van der Waals surface area contributed by atoms with E-state index in [0.717, 1.165) is 128 Å². The molecule has 0 aliphatic rings. The van der Waals surface area contributed by atoms with Crippen LogP contribution >= 0.6 is 15.6 Å². The predicted molar refractivity (Wildman–Crippen MR) is 399 cm³/mol. The first kappa shape index (κ1) is 92.4. The number of phosphoric ester groups is 2. The molecule has 0 bridgehead atoms. The molecule has 97 heavy (non-hydrogen) atoms. The molecule has 0 aromatic rings. The second kappa shape index (κ2) is 71.3. The highest BCUT2D eigenvalue weighted by molar-refractivity contribution is 7.47. The third kappa shape index (κ3) is 72.5. The first-order valence-electron chi connectivity index (χ1n) is 37.1. The minimum Gasteiger partial charge on any atom is -0.463 e. The molecular formula is C79H132O16P2. The summed E-state index contributed by atoms with van der Waals surface area (Å²) < 4.78 is 60.9. The number of phosphoric acid groups is 2. The van der Waals surface area contributed by atoms with E-state index in [0.29, 0.717) is 25.7 Å². The van der Waals surface area contributed by atoms with Crippen LogP contribution in [-0.4, -0.2) is 95.9 Å². The van der Waals surface area contributed by atoms with Gasteiger partial charge in [-0.2, -0.15) is 0 Å². The van der Waals surface area contributed by atoms with Gasteiger partial charge in [-0.15, -0.1) is 0 Å². The lowest BCUT2D eigenvalue weighted by Crippen LogP contribution is -2.30. The van der Waals surface area contributed by atoms with Crippen molar-refractivity contribution in [3.8, 4) is 0 Å². The van der Waals surface area contributed by atoms with Gasteiger partial charge in [0.1, 0.15) is 25.4 Å². The third-order valence-electron chi connectivity index (χ3n) is 15.0. The highest BCUT2D eigenvalue weighted by Gasteiger charge is 2.29. The maximum absolute atomic E-state index is 12.9. The van der Waals surface area contributed by atoms with Crippen molar-refractivity contribution in [3.63, 3.8) is 0 Å². The van der Waals surface area contributed by atoms with Gasteiger partial charge in [-0.3, -0.25) is 32.5 Å². The topological polar surface area (TPSA) is 231 Å². The van der Waals surface area contributed by atoms with Crippen molar-refractivity contribution in [1.82, 2.24) is 0 Å². The highest BCUT2D eigenvalue weighted by atomic mass is 31.2. The summed E-state index contributed by atoms with van der Waals surface area (Å²) in [6.07, 6.45) is 86.4. The lowest BCUT2D eigenvalue weighted by atomic mass is 10.0. The van der Waals surface area contributed by atoms with E-state index in [1.807, 2.05) is 18.2 Å². The quantitative estimate of drug-likeness (QED) is 0.0146. The monoisotopic (exact) mass is 1400 g/mol. The molecule has 554 valence electrons. The van der Waals surface area contributed by atoms with E-state index in [9.17, 15) is 43.5 Å². The number of aliphatic hydroxyl groups excluding tert-OH is 2. The van der Waals surface area contributed by atoms with Crippen LogP contribution in [0, 0.1) is 0 Å². The Labute approximate surface area is 587 Å². The van der Waals surface area contributed by atoms with Crippen molar-refractivity contribution in [3.05, 3.63) is 146 Å². The van der Waals surface area contributed by atoms with Crippen molar-refractivity contribution in [1.29, 1.82) is 0 Å². The van der Waals surface area contributed by atoms with Gasteiger partial charge in [0.2, 0.25) is 0 Å². The maximum Gasteiger partial charge on any atom is 0.472 e. The predicted octanol–water partition coefficient (Wildman–Crippen LogP) is 21.3. The van der Waals surface area contributed by atoms with Crippen molar-refractivity contribution < 1.29 is 75.8 Å². The molecule has 0 amide bonds. The van der Waals surface area contributed by atoms with Crippen LogP contribution in [0.4, 0.5) is 0 Å². The molecule has 0 aromatic carbocycles. The minimum atomic E-state index is -4.95. The Hall–Kier alpha value is -4.57. The van der Waals surface area contributed by atoms with Crippen LogP contribution in [0.2, 0.25) is 0 Å². The number of carbonyl (C=O) groups is 3. The molecule has 16 nitrogen and oxygen atoms in total. The molecular weight excluding hydrogens is 1270 g/mol. The maximum atomic E-state index is 12.9. The summed E-state index contributed by atoms with van der Waals surface area (Å²) in [4.78, 5) is 58.4. The summed E-state index contributed by atoms with van der Waals surface area (Å²) in [5.74, 6) is -1.69. The zero-order valence-corrected chi connectivity index (χ0v) is 62.0. The van der Waals surface area contributed by atoms with E-state index >= 15 is 0 Å². The van der Waals surface area contributed by atoms with Gasteiger partial charge in [-0.05, 0) is 128 Å². The fourth-order valence-corrected chi connectivity index (χ4v) is 11.0. The van der Waals surface area contributed by atoms with E-state index in [1.54, 1.807) is 0 Å². The molecule has 0 rings (SSSR count). The molecule has 0 fully saturated rings. The molecule has 5 atom stereocenters. The zero-order chi connectivity index (χ0) is 70.9. The second-order valence-corrected chi connectivity index (χ2v) is 27.2. The Kier molecular flexibility index (Phi) is 67.9. The van der Waals surface area contributed by atoms with E-state index in [4.69, 9.17) is 32.3 Å². The van der Waals surface area contributed by atoms with Gasteiger partial charge in [0.15, 0.2) is 6.10 Å². The summed E-state index contributed by atoms with van der Waals surface area (Å²) in [5, 5.41) is 20.6. The van der Waals surface area contributed by atoms with Gasteiger partial charge in [0, 0.05) is 19.3 Å². The Morgan fingerprint density at radius 1 is 0.299 bits per heavy atom. The first-order valence-corrected chi connectivity index (χ1v) is 40.1. The number of hydrogen-bond acceptors (Lipinski definition) is 14. The summed E-state index contributed by atoms with van der Waals surface area (Å²) >= 11 is 0. The van der Waals surface area contributed by atoms with Gasteiger partial charge >= 0.3 is 33.6 Å². The van der Waals surface area contributed by atoms with E-state index in [1.165, 1.54) is 83.5 Å². The SMILES string of the molecule is CC/C=C\C/C=C\C/C=C\C/C=C\C/C=C\C/C=C\CCC(=O)OCC(COP(=O)(O)OCC(O)COP(=O)(O)OCC(O)COC(=O)CCCCCCCCCCCCCCC/C=C\C/C=C\C/C=C\C/C=C\C/C=C\CC)OC(=O)CCCCCCC/C=C\CCCCCC. The molecule has 0 saturated heterocycles. The third-order valence-corrected chi connectivity index (χ3v) is 16.9. The minimum absolute atomic E-state index is 0.0404. The highest BCUT2D eigenvalue weighted by Crippen LogP contribution is 2.45. The lowest BCUT2D eigenvalue weighted by Gasteiger charge is -2.21. The van der Waals surface area contributed by atoms with Gasteiger partial charge < -0.3 is 34.2 Å². The number of aliphatic hydroxyl groups is 2. The van der Waals surface area contributed by atoms with Crippen LogP contribution in [0.3, 0.4) is 0 Å². The van der Waals surface area contributed by atoms with Gasteiger partial charge in [0.25, 0.3) is 0 Å². The van der Waals surface area contributed by atoms with Crippen LogP contribution in [0.1, 0.15) is 278 Å². The molecule has 18 heteroatoms. The Morgan fingerprint density at radius 2 is 0.567 bits per heavy atom. The molecule has 0 aliphatic heterocycles. The molecule has 0 saturated carbocycles. The van der Waals surface area contributed by atoms with Gasteiger partial charge in [0.05, 0.1) is 26.4 Å². The van der Waals surface area contributed by atoms with Crippen LogP contribution < -0.4 is 0 Å². The summed E-state index contributed by atoms with van der Waals surface area (Å²) in [7, 11) is -9.81.